The first-order valence-electron chi connectivity index (χ1n) is 6.59. The molecule has 0 aromatic heterocycles. The lowest BCUT2D eigenvalue weighted by molar-refractivity contribution is 0.202. The van der Waals surface area contributed by atoms with E-state index in [2.05, 4.69) is 0 Å². The smallest absolute Gasteiger partial charge is 0.128 e. The number of hydrogen-bond donors (Lipinski definition) is 0. The van der Waals surface area contributed by atoms with Gasteiger partial charge in [-0.3, -0.25) is 0 Å². The number of alkyl halides is 1. The van der Waals surface area contributed by atoms with Crippen LogP contribution >= 0.6 is 11.6 Å². The van der Waals surface area contributed by atoms with Gasteiger partial charge in [-0.05, 0) is 36.1 Å². The van der Waals surface area contributed by atoms with E-state index in [0.29, 0.717) is 12.2 Å². The van der Waals surface area contributed by atoms with Gasteiger partial charge < -0.3 is 4.74 Å². The molecular formula is C17H18ClFO. The molecule has 0 aliphatic rings. The summed E-state index contributed by atoms with van der Waals surface area (Å²) < 4.78 is 19.0. The Kier molecular flexibility index (Phi) is 5.16. The van der Waals surface area contributed by atoms with Crippen LogP contribution in [-0.2, 0) is 11.2 Å². The van der Waals surface area contributed by atoms with E-state index in [1.54, 1.807) is 13.2 Å². The Morgan fingerprint density at radius 1 is 1.15 bits per heavy atom. The van der Waals surface area contributed by atoms with Crippen molar-refractivity contribution in [2.45, 2.75) is 18.7 Å². The van der Waals surface area contributed by atoms with E-state index in [-0.39, 0.29) is 5.82 Å². The fourth-order valence-electron chi connectivity index (χ4n) is 2.09. The highest BCUT2D eigenvalue weighted by Gasteiger charge is 2.15. The van der Waals surface area contributed by atoms with Gasteiger partial charge in [0.15, 0.2) is 0 Å². The highest BCUT2D eigenvalue weighted by atomic mass is 35.5. The van der Waals surface area contributed by atoms with Crippen LogP contribution in [0.25, 0.3) is 0 Å². The van der Waals surface area contributed by atoms with Gasteiger partial charge >= 0.3 is 0 Å². The number of benzene rings is 2. The molecule has 0 saturated heterocycles. The highest BCUT2D eigenvalue weighted by Crippen LogP contribution is 2.31. The second kappa shape index (κ2) is 6.87. The lowest BCUT2D eigenvalue weighted by Crippen LogP contribution is -1.99. The summed E-state index contributed by atoms with van der Waals surface area (Å²) >= 11 is 6.38. The Morgan fingerprint density at radius 3 is 2.45 bits per heavy atom. The number of ether oxygens (including phenoxy) is 1. The minimum absolute atomic E-state index is 0.256. The van der Waals surface area contributed by atoms with E-state index in [0.717, 1.165) is 17.5 Å². The third kappa shape index (κ3) is 3.59. The van der Waals surface area contributed by atoms with Crippen molar-refractivity contribution in [2.75, 3.05) is 13.7 Å². The van der Waals surface area contributed by atoms with Crippen molar-refractivity contribution >= 4 is 11.6 Å². The van der Waals surface area contributed by atoms with Gasteiger partial charge in [0.2, 0.25) is 0 Å². The van der Waals surface area contributed by atoms with Crippen LogP contribution in [-0.4, -0.2) is 13.7 Å². The SMILES string of the molecule is COCCc1ccc(C(Cl)c2ccc(C)cc2F)cc1. The lowest BCUT2D eigenvalue weighted by Gasteiger charge is -2.12. The van der Waals surface area contributed by atoms with Crippen molar-refractivity contribution in [3.8, 4) is 0 Å². The van der Waals surface area contributed by atoms with Gasteiger partial charge in [0, 0.05) is 12.7 Å². The van der Waals surface area contributed by atoms with Crippen molar-refractivity contribution in [2.24, 2.45) is 0 Å². The van der Waals surface area contributed by atoms with Crippen LogP contribution in [0, 0.1) is 12.7 Å². The molecule has 1 nitrogen and oxygen atoms in total. The van der Waals surface area contributed by atoms with Gasteiger partial charge in [-0.1, -0.05) is 36.4 Å². The molecule has 0 spiro atoms. The van der Waals surface area contributed by atoms with Crippen LogP contribution < -0.4 is 0 Å². The zero-order valence-corrected chi connectivity index (χ0v) is 12.5. The second-order valence-electron chi connectivity index (χ2n) is 4.87. The number of halogens is 2. The summed E-state index contributed by atoms with van der Waals surface area (Å²) in [5, 5.41) is -0.466. The molecule has 106 valence electrons. The highest BCUT2D eigenvalue weighted by molar-refractivity contribution is 6.22. The average Bonchev–Trinajstić information content (AvgIpc) is 2.45. The van der Waals surface area contributed by atoms with E-state index in [1.807, 2.05) is 37.3 Å². The first-order valence-corrected chi connectivity index (χ1v) is 7.03. The predicted molar refractivity (Wildman–Crippen MR) is 80.9 cm³/mol. The molecule has 20 heavy (non-hydrogen) atoms. The molecule has 2 aromatic carbocycles. The molecule has 0 N–H and O–H groups in total. The Bertz CT molecular complexity index is 566. The minimum Gasteiger partial charge on any atom is -0.384 e. The molecule has 0 radical (unpaired) electrons. The van der Waals surface area contributed by atoms with Crippen molar-refractivity contribution in [3.63, 3.8) is 0 Å². The Hall–Kier alpha value is -1.38. The fourth-order valence-corrected chi connectivity index (χ4v) is 2.41. The molecule has 0 amide bonds. The van der Waals surface area contributed by atoms with E-state index < -0.39 is 5.38 Å². The predicted octanol–water partition coefficient (Wildman–Crippen LogP) is 4.65. The zero-order chi connectivity index (χ0) is 14.5. The van der Waals surface area contributed by atoms with E-state index >= 15 is 0 Å². The van der Waals surface area contributed by atoms with Gasteiger partial charge in [0.1, 0.15) is 5.82 Å². The Balaban J connectivity index is 2.18. The van der Waals surface area contributed by atoms with Crippen molar-refractivity contribution in [1.82, 2.24) is 0 Å². The van der Waals surface area contributed by atoms with Gasteiger partial charge in [-0.25, -0.2) is 4.39 Å². The van der Waals surface area contributed by atoms with E-state index in [1.165, 1.54) is 11.6 Å². The summed E-state index contributed by atoms with van der Waals surface area (Å²) in [5.41, 5.74) is 3.49. The number of hydrogen-bond acceptors (Lipinski definition) is 1. The molecule has 0 heterocycles. The Labute approximate surface area is 124 Å². The van der Waals surface area contributed by atoms with Crippen LogP contribution in [0.4, 0.5) is 4.39 Å². The zero-order valence-electron chi connectivity index (χ0n) is 11.7. The minimum atomic E-state index is -0.466. The number of rotatable bonds is 5. The monoisotopic (exact) mass is 292 g/mol. The lowest BCUT2D eigenvalue weighted by atomic mass is 10.0. The van der Waals surface area contributed by atoms with Gasteiger partial charge in [-0.2, -0.15) is 0 Å². The quantitative estimate of drug-likeness (QED) is 0.729. The largest absolute Gasteiger partial charge is 0.384 e. The molecule has 3 heteroatoms. The third-order valence-corrected chi connectivity index (χ3v) is 3.78. The van der Waals surface area contributed by atoms with Crippen LogP contribution in [0.3, 0.4) is 0 Å². The molecular weight excluding hydrogens is 275 g/mol. The molecule has 1 unspecified atom stereocenters. The number of aryl methyl sites for hydroxylation is 1. The summed E-state index contributed by atoms with van der Waals surface area (Å²) in [4.78, 5) is 0. The van der Waals surface area contributed by atoms with Crippen LogP contribution in [0.1, 0.15) is 27.6 Å². The fraction of sp³-hybridized carbons (Fsp3) is 0.294. The van der Waals surface area contributed by atoms with Crippen LogP contribution in [0.2, 0.25) is 0 Å². The van der Waals surface area contributed by atoms with Crippen molar-refractivity contribution in [3.05, 3.63) is 70.5 Å². The molecule has 0 fully saturated rings. The maximum absolute atomic E-state index is 13.9. The Morgan fingerprint density at radius 2 is 1.85 bits per heavy atom. The molecule has 2 aromatic rings. The standard InChI is InChI=1S/C17H18ClFO/c1-12-3-8-15(16(19)11-12)17(18)14-6-4-13(5-7-14)9-10-20-2/h3-8,11,17H,9-10H2,1-2H3. The van der Waals surface area contributed by atoms with Gasteiger partial charge in [-0.15, -0.1) is 11.6 Å². The maximum Gasteiger partial charge on any atom is 0.128 e. The summed E-state index contributed by atoms with van der Waals surface area (Å²) in [6, 6.07) is 13.1. The van der Waals surface area contributed by atoms with Crippen molar-refractivity contribution < 1.29 is 9.13 Å². The second-order valence-corrected chi connectivity index (χ2v) is 5.31. The molecule has 0 aliphatic heterocycles. The normalized spacial score (nSPS) is 12.4. The molecule has 0 saturated carbocycles. The van der Waals surface area contributed by atoms with Crippen LogP contribution in [0.5, 0.6) is 0 Å². The summed E-state index contributed by atoms with van der Waals surface area (Å²) in [7, 11) is 1.68. The molecule has 2 rings (SSSR count). The first-order chi connectivity index (χ1) is 9.61. The van der Waals surface area contributed by atoms with E-state index in [4.69, 9.17) is 16.3 Å². The van der Waals surface area contributed by atoms with E-state index in [9.17, 15) is 4.39 Å². The topological polar surface area (TPSA) is 9.23 Å². The average molecular weight is 293 g/mol. The summed E-state index contributed by atoms with van der Waals surface area (Å²) in [6.45, 7) is 2.55. The van der Waals surface area contributed by atoms with Crippen molar-refractivity contribution in [1.29, 1.82) is 0 Å². The molecule has 0 aliphatic carbocycles. The van der Waals surface area contributed by atoms with Gasteiger partial charge in [0.25, 0.3) is 0 Å². The summed E-state index contributed by atoms with van der Waals surface area (Å²) in [6.07, 6.45) is 0.864. The molecule has 1 atom stereocenters. The first kappa shape index (κ1) is 15.0. The number of methoxy groups -OCH3 is 1. The third-order valence-electron chi connectivity index (χ3n) is 3.30. The summed E-state index contributed by atoms with van der Waals surface area (Å²) in [5.74, 6) is -0.256. The van der Waals surface area contributed by atoms with Gasteiger partial charge in [0.05, 0.1) is 12.0 Å². The molecule has 0 bridgehead atoms. The van der Waals surface area contributed by atoms with Crippen LogP contribution in [0.15, 0.2) is 42.5 Å². The maximum atomic E-state index is 13.9.